The van der Waals surface area contributed by atoms with Crippen LogP contribution in [0.1, 0.15) is 20.9 Å². The fourth-order valence-electron chi connectivity index (χ4n) is 3.24. The second-order valence-corrected chi connectivity index (χ2v) is 7.67. The number of ether oxygens (including phenoxy) is 1. The zero-order valence-electron chi connectivity index (χ0n) is 16.1. The van der Waals surface area contributed by atoms with Gasteiger partial charge in [0.1, 0.15) is 21.5 Å². The number of fused-ring (bicyclic) bond motifs is 1. The molecule has 0 saturated carbocycles. The molecule has 0 aliphatic heterocycles. The highest BCUT2D eigenvalue weighted by Gasteiger charge is 2.16. The largest absolute Gasteiger partial charge is 0.497 e. The van der Waals surface area contributed by atoms with Gasteiger partial charge in [0.25, 0.3) is 5.91 Å². The van der Waals surface area contributed by atoms with Crippen molar-refractivity contribution in [2.75, 3.05) is 13.7 Å². The second-order valence-electron chi connectivity index (χ2n) is 6.68. The first-order chi connectivity index (χ1) is 14.0. The average molecular weight is 409 g/mol. The van der Waals surface area contributed by atoms with Gasteiger partial charge in [-0.1, -0.05) is 12.1 Å². The number of aromatic amines is 1. The van der Waals surface area contributed by atoms with E-state index in [0.29, 0.717) is 23.5 Å². The van der Waals surface area contributed by atoms with E-state index in [-0.39, 0.29) is 11.7 Å². The maximum atomic E-state index is 13.5. The van der Waals surface area contributed by atoms with E-state index in [1.54, 1.807) is 13.2 Å². The Morgan fingerprint density at radius 3 is 2.97 bits per heavy atom. The molecule has 2 aromatic carbocycles. The van der Waals surface area contributed by atoms with Crippen LogP contribution in [0.15, 0.2) is 48.7 Å². The van der Waals surface area contributed by atoms with Gasteiger partial charge in [-0.05, 0) is 49.2 Å². The molecule has 0 fully saturated rings. The number of aromatic nitrogens is 2. The molecule has 2 heterocycles. The normalized spacial score (nSPS) is 11.0. The van der Waals surface area contributed by atoms with E-state index >= 15 is 0 Å². The number of methoxy groups -OCH3 is 1. The van der Waals surface area contributed by atoms with Crippen molar-refractivity contribution < 1.29 is 13.9 Å². The lowest BCUT2D eigenvalue weighted by molar-refractivity contribution is 0.0957. The van der Waals surface area contributed by atoms with Crippen molar-refractivity contribution in [1.82, 2.24) is 15.3 Å². The minimum atomic E-state index is -0.271. The molecule has 2 N–H and O–H groups in total. The molecule has 4 rings (SSSR count). The molecule has 0 spiro atoms. The number of aryl methyl sites for hydroxylation is 1. The number of H-pyrrole nitrogens is 1. The monoisotopic (exact) mass is 409 g/mol. The van der Waals surface area contributed by atoms with E-state index in [9.17, 15) is 9.18 Å². The molecule has 0 unspecified atom stereocenters. The van der Waals surface area contributed by atoms with Gasteiger partial charge in [-0.15, -0.1) is 11.3 Å². The van der Waals surface area contributed by atoms with E-state index in [2.05, 4.69) is 15.3 Å². The summed E-state index contributed by atoms with van der Waals surface area (Å²) in [6.07, 6.45) is 2.46. The Labute approximate surface area is 171 Å². The lowest BCUT2D eigenvalue weighted by Crippen LogP contribution is -2.25. The fraction of sp³-hybridized carbons (Fsp3) is 0.182. The summed E-state index contributed by atoms with van der Waals surface area (Å²) < 4.78 is 18.8. The van der Waals surface area contributed by atoms with Crippen LogP contribution in [0.5, 0.6) is 5.75 Å². The third kappa shape index (κ3) is 4.00. The first-order valence-electron chi connectivity index (χ1n) is 9.20. The summed E-state index contributed by atoms with van der Waals surface area (Å²) in [7, 11) is 1.62. The molecule has 0 bridgehead atoms. The van der Waals surface area contributed by atoms with Crippen LogP contribution in [0.25, 0.3) is 21.5 Å². The van der Waals surface area contributed by atoms with Crippen LogP contribution in [-0.2, 0) is 6.42 Å². The van der Waals surface area contributed by atoms with E-state index in [0.717, 1.165) is 32.8 Å². The van der Waals surface area contributed by atoms with Crippen molar-refractivity contribution in [3.63, 3.8) is 0 Å². The van der Waals surface area contributed by atoms with Crippen LogP contribution < -0.4 is 10.1 Å². The van der Waals surface area contributed by atoms with Crippen LogP contribution in [-0.4, -0.2) is 29.5 Å². The number of hydrogen-bond donors (Lipinski definition) is 2. The summed E-state index contributed by atoms with van der Waals surface area (Å²) in [6, 6.07) is 12.3. The maximum absolute atomic E-state index is 13.5. The quantitative estimate of drug-likeness (QED) is 0.484. The van der Waals surface area contributed by atoms with Gasteiger partial charge in [0.05, 0.1) is 12.8 Å². The highest BCUT2D eigenvalue weighted by atomic mass is 32.1. The predicted molar refractivity (Wildman–Crippen MR) is 113 cm³/mol. The minimum Gasteiger partial charge on any atom is -0.497 e. The summed E-state index contributed by atoms with van der Waals surface area (Å²) in [5.74, 6) is 0.324. The summed E-state index contributed by atoms with van der Waals surface area (Å²) in [4.78, 5) is 20.9. The molecule has 0 atom stereocenters. The Morgan fingerprint density at radius 2 is 2.14 bits per heavy atom. The summed E-state index contributed by atoms with van der Waals surface area (Å²) >= 11 is 1.36. The lowest BCUT2D eigenvalue weighted by atomic mass is 10.1. The van der Waals surface area contributed by atoms with Gasteiger partial charge in [-0.2, -0.15) is 0 Å². The van der Waals surface area contributed by atoms with Crippen molar-refractivity contribution in [3.8, 4) is 16.3 Å². The van der Waals surface area contributed by atoms with Gasteiger partial charge < -0.3 is 15.0 Å². The molecule has 148 valence electrons. The molecular formula is C22H20FN3O2S. The Morgan fingerprint density at radius 1 is 1.28 bits per heavy atom. The molecular weight excluding hydrogens is 389 g/mol. The van der Waals surface area contributed by atoms with Crippen molar-refractivity contribution in [2.24, 2.45) is 0 Å². The van der Waals surface area contributed by atoms with E-state index in [1.165, 1.54) is 23.5 Å². The number of thiazole rings is 1. The molecule has 0 saturated heterocycles. The Kier molecular flexibility index (Phi) is 5.31. The average Bonchev–Trinajstić information content (AvgIpc) is 3.31. The molecule has 7 heteroatoms. The molecule has 4 aromatic rings. The van der Waals surface area contributed by atoms with Gasteiger partial charge >= 0.3 is 0 Å². The molecule has 0 aliphatic carbocycles. The molecule has 5 nitrogen and oxygen atoms in total. The first-order valence-corrected chi connectivity index (χ1v) is 10.0. The Hall–Kier alpha value is -3.19. The minimum absolute atomic E-state index is 0.153. The highest BCUT2D eigenvalue weighted by molar-refractivity contribution is 7.17. The first kappa shape index (κ1) is 19.1. The zero-order valence-corrected chi connectivity index (χ0v) is 16.9. The highest BCUT2D eigenvalue weighted by Crippen LogP contribution is 2.30. The topological polar surface area (TPSA) is 67.0 Å². The van der Waals surface area contributed by atoms with E-state index in [1.807, 2.05) is 37.4 Å². The smallest absolute Gasteiger partial charge is 0.263 e. The zero-order chi connectivity index (χ0) is 20.4. The Bertz CT molecular complexity index is 1180. The third-order valence-electron chi connectivity index (χ3n) is 4.73. The lowest BCUT2D eigenvalue weighted by Gasteiger charge is -2.04. The second kappa shape index (κ2) is 8.05. The van der Waals surface area contributed by atoms with Crippen molar-refractivity contribution in [1.29, 1.82) is 0 Å². The van der Waals surface area contributed by atoms with Gasteiger partial charge in [0.2, 0.25) is 0 Å². The van der Waals surface area contributed by atoms with Crippen LogP contribution in [0.3, 0.4) is 0 Å². The van der Waals surface area contributed by atoms with Crippen LogP contribution in [0.2, 0.25) is 0 Å². The van der Waals surface area contributed by atoms with E-state index in [4.69, 9.17) is 4.74 Å². The molecule has 1 amide bonds. The maximum Gasteiger partial charge on any atom is 0.263 e. The van der Waals surface area contributed by atoms with Crippen molar-refractivity contribution >= 4 is 28.1 Å². The van der Waals surface area contributed by atoms with Crippen molar-refractivity contribution in [3.05, 3.63) is 70.6 Å². The number of halogens is 1. The predicted octanol–water partition coefficient (Wildman–Crippen LogP) is 4.72. The number of carbonyl (C=O) groups excluding carboxylic acids is 1. The van der Waals surface area contributed by atoms with Crippen LogP contribution in [0, 0.1) is 12.7 Å². The van der Waals surface area contributed by atoms with Gasteiger partial charge in [0, 0.05) is 29.2 Å². The summed E-state index contributed by atoms with van der Waals surface area (Å²) in [5, 5.41) is 4.56. The number of amides is 1. The Balaban J connectivity index is 1.44. The van der Waals surface area contributed by atoms with Gasteiger partial charge in [0.15, 0.2) is 0 Å². The number of nitrogens with one attached hydrogen (secondary N) is 2. The van der Waals surface area contributed by atoms with Crippen LogP contribution in [0.4, 0.5) is 4.39 Å². The fourth-order valence-corrected chi connectivity index (χ4v) is 4.21. The summed E-state index contributed by atoms with van der Waals surface area (Å²) in [5.41, 5.74) is 3.46. The standard InChI is InChI=1S/C22H20FN3O2S/c1-13-20(29-22(26-13)14-4-3-5-17(10-14)28-2)21(27)24-9-8-15-12-25-19-7-6-16(23)11-18(15)19/h3-7,10-12,25H,8-9H2,1-2H3,(H,24,27). The molecule has 0 radical (unpaired) electrons. The number of rotatable bonds is 6. The third-order valence-corrected chi connectivity index (χ3v) is 5.93. The van der Waals surface area contributed by atoms with Crippen LogP contribution >= 0.6 is 11.3 Å². The summed E-state index contributed by atoms with van der Waals surface area (Å²) in [6.45, 7) is 2.28. The number of carbonyl (C=O) groups is 1. The number of nitrogens with zero attached hydrogens (tertiary/aromatic N) is 1. The van der Waals surface area contributed by atoms with Gasteiger partial charge in [-0.25, -0.2) is 9.37 Å². The molecule has 29 heavy (non-hydrogen) atoms. The molecule has 2 aromatic heterocycles. The van der Waals surface area contributed by atoms with E-state index < -0.39 is 0 Å². The van der Waals surface area contributed by atoms with Gasteiger partial charge in [-0.3, -0.25) is 4.79 Å². The SMILES string of the molecule is COc1cccc(-c2nc(C)c(C(=O)NCCc3c[nH]c4ccc(F)cc34)s2)c1. The number of hydrogen-bond acceptors (Lipinski definition) is 4. The van der Waals surface area contributed by atoms with Crippen molar-refractivity contribution in [2.45, 2.75) is 13.3 Å². The molecule has 0 aliphatic rings. The number of benzene rings is 2.